The molecule has 0 spiro atoms. The van der Waals surface area contributed by atoms with Gasteiger partial charge in [-0.1, -0.05) is 5.16 Å². The molecule has 0 saturated heterocycles. The normalized spacial score (nSPS) is 11.0. The Balaban J connectivity index is 1.77. The number of carbonyl (C=O) groups is 1. The molecule has 1 aromatic carbocycles. The van der Waals surface area contributed by atoms with Gasteiger partial charge in [-0.2, -0.15) is 0 Å². The molecule has 0 aliphatic rings. The lowest BCUT2D eigenvalue weighted by atomic mass is 10.2. The molecule has 0 atom stereocenters. The van der Waals surface area contributed by atoms with Crippen molar-refractivity contribution in [2.24, 2.45) is 0 Å². The second-order valence-corrected chi connectivity index (χ2v) is 5.46. The summed E-state index contributed by atoms with van der Waals surface area (Å²) in [4.78, 5) is 12.1. The van der Waals surface area contributed by atoms with E-state index in [4.69, 9.17) is 4.52 Å². The Morgan fingerprint density at radius 3 is 2.77 bits per heavy atom. The van der Waals surface area contributed by atoms with Gasteiger partial charge in [-0.05, 0) is 45.0 Å². The minimum Gasteiger partial charge on any atom is -0.361 e. The quantitative estimate of drug-likeness (QED) is 0.802. The van der Waals surface area contributed by atoms with Gasteiger partial charge in [0.05, 0.1) is 12.1 Å². The lowest BCUT2D eigenvalue weighted by Crippen LogP contribution is -2.13. The molecule has 1 N–H and O–H groups in total. The summed E-state index contributed by atoms with van der Waals surface area (Å²) in [5.41, 5.74) is 3.98. The minimum absolute atomic E-state index is 0.109. The van der Waals surface area contributed by atoms with Gasteiger partial charge in [-0.25, -0.2) is 0 Å². The van der Waals surface area contributed by atoms with E-state index in [9.17, 15) is 4.79 Å². The highest BCUT2D eigenvalue weighted by Crippen LogP contribution is 2.23. The number of amides is 1. The first kappa shape index (κ1) is 14.4. The number of anilines is 1. The first-order chi connectivity index (χ1) is 10.6. The molecule has 3 aromatic rings. The number of nitrogens with one attached hydrogen (secondary N) is 1. The average Bonchev–Trinajstić information content (AvgIpc) is 3.00. The monoisotopic (exact) mass is 297 g/mol. The predicted molar refractivity (Wildman–Crippen MR) is 85.9 cm³/mol. The third kappa shape index (κ3) is 2.74. The summed E-state index contributed by atoms with van der Waals surface area (Å²) in [6, 6.07) is 9.87. The van der Waals surface area contributed by atoms with E-state index in [-0.39, 0.29) is 12.3 Å². The van der Waals surface area contributed by atoms with E-state index in [0.29, 0.717) is 5.76 Å². The van der Waals surface area contributed by atoms with Gasteiger partial charge in [-0.3, -0.25) is 4.79 Å². The number of hydrogen-bond donors (Lipinski definition) is 1. The highest BCUT2D eigenvalue weighted by molar-refractivity contribution is 5.95. The zero-order valence-electron chi connectivity index (χ0n) is 13.0. The smallest absolute Gasteiger partial charge is 0.232 e. The zero-order chi connectivity index (χ0) is 15.7. The van der Waals surface area contributed by atoms with Crippen LogP contribution in [-0.2, 0) is 17.8 Å². The fourth-order valence-electron chi connectivity index (χ4n) is 2.77. The van der Waals surface area contributed by atoms with Crippen LogP contribution in [0.4, 0.5) is 5.69 Å². The van der Waals surface area contributed by atoms with E-state index < -0.39 is 0 Å². The van der Waals surface area contributed by atoms with Crippen molar-refractivity contribution in [1.29, 1.82) is 0 Å². The molecule has 5 heteroatoms. The lowest BCUT2D eigenvalue weighted by molar-refractivity contribution is -0.115. The van der Waals surface area contributed by atoms with Crippen LogP contribution in [-0.4, -0.2) is 15.6 Å². The van der Waals surface area contributed by atoms with E-state index in [2.05, 4.69) is 35.0 Å². The molecular weight excluding hydrogens is 278 g/mol. The predicted octanol–water partition coefficient (Wildman–Crippen LogP) is 3.45. The highest BCUT2D eigenvalue weighted by Gasteiger charge is 2.10. The van der Waals surface area contributed by atoms with Crippen molar-refractivity contribution in [1.82, 2.24) is 9.72 Å². The van der Waals surface area contributed by atoms with Crippen LogP contribution in [0.25, 0.3) is 10.9 Å². The molecule has 114 valence electrons. The van der Waals surface area contributed by atoms with Gasteiger partial charge in [0.25, 0.3) is 0 Å². The molecule has 0 bridgehead atoms. The van der Waals surface area contributed by atoms with Gasteiger partial charge < -0.3 is 14.4 Å². The van der Waals surface area contributed by atoms with E-state index in [1.165, 1.54) is 11.2 Å². The highest BCUT2D eigenvalue weighted by atomic mass is 16.5. The van der Waals surface area contributed by atoms with Crippen LogP contribution in [0, 0.1) is 13.8 Å². The number of aromatic nitrogens is 2. The molecule has 3 rings (SSSR count). The molecule has 0 aliphatic carbocycles. The molecule has 22 heavy (non-hydrogen) atoms. The van der Waals surface area contributed by atoms with Crippen LogP contribution in [0.3, 0.4) is 0 Å². The average molecular weight is 297 g/mol. The number of rotatable bonds is 4. The van der Waals surface area contributed by atoms with Crippen LogP contribution >= 0.6 is 0 Å². The Morgan fingerprint density at radius 1 is 1.27 bits per heavy atom. The summed E-state index contributed by atoms with van der Waals surface area (Å²) in [7, 11) is 0. The molecule has 0 saturated carbocycles. The summed E-state index contributed by atoms with van der Waals surface area (Å²) in [6.45, 7) is 6.99. The van der Waals surface area contributed by atoms with Crippen LogP contribution in [0.1, 0.15) is 24.1 Å². The first-order valence-corrected chi connectivity index (χ1v) is 7.38. The largest absolute Gasteiger partial charge is 0.361 e. The Morgan fingerprint density at radius 2 is 2.09 bits per heavy atom. The molecule has 0 radical (unpaired) electrons. The number of carbonyl (C=O) groups excluding carboxylic acids is 1. The van der Waals surface area contributed by atoms with Crippen LogP contribution in [0.2, 0.25) is 0 Å². The van der Waals surface area contributed by atoms with Crippen LogP contribution in [0.5, 0.6) is 0 Å². The topological polar surface area (TPSA) is 60.1 Å². The number of hydrogen-bond acceptors (Lipinski definition) is 3. The molecule has 5 nitrogen and oxygen atoms in total. The van der Waals surface area contributed by atoms with Gasteiger partial charge in [0, 0.05) is 34.9 Å². The maximum absolute atomic E-state index is 12.1. The molecule has 0 fully saturated rings. The zero-order valence-corrected chi connectivity index (χ0v) is 13.0. The summed E-state index contributed by atoms with van der Waals surface area (Å²) < 4.78 is 7.31. The lowest BCUT2D eigenvalue weighted by Gasteiger charge is -2.06. The van der Waals surface area contributed by atoms with E-state index in [0.717, 1.165) is 23.3 Å². The SMILES string of the molecule is CCn1c(C)cc2cc(NC(=O)Cc3cc(C)no3)ccc21. The summed E-state index contributed by atoms with van der Waals surface area (Å²) in [5, 5.41) is 7.82. The molecule has 2 heterocycles. The standard InChI is InChI=1S/C17H19N3O2/c1-4-20-12(3)8-13-9-14(5-6-16(13)20)18-17(21)10-15-7-11(2)19-22-15/h5-9H,4,10H2,1-3H3,(H,18,21). The fraction of sp³-hybridized carbons (Fsp3) is 0.294. The second-order valence-electron chi connectivity index (χ2n) is 5.46. The van der Waals surface area contributed by atoms with E-state index in [1.54, 1.807) is 6.07 Å². The van der Waals surface area contributed by atoms with Crippen molar-refractivity contribution in [2.75, 3.05) is 5.32 Å². The minimum atomic E-state index is -0.109. The van der Waals surface area contributed by atoms with Gasteiger partial charge in [0.2, 0.25) is 5.91 Å². The van der Waals surface area contributed by atoms with E-state index >= 15 is 0 Å². The van der Waals surface area contributed by atoms with Crippen molar-refractivity contribution < 1.29 is 9.32 Å². The van der Waals surface area contributed by atoms with Gasteiger partial charge in [-0.15, -0.1) is 0 Å². The summed E-state index contributed by atoms with van der Waals surface area (Å²) >= 11 is 0. The van der Waals surface area contributed by atoms with Crippen molar-refractivity contribution in [3.63, 3.8) is 0 Å². The summed E-state index contributed by atoms with van der Waals surface area (Å²) in [6.07, 6.45) is 0.188. The van der Waals surface area contributed by atoms with Crippen LogP contribution < -0.4 is 5.32 Å². The van der Waals surface area contributed by atoms with Crippen LogP contribution in [0.15, 0.2) is 34.9 Å². The van der Waals surface area contributed by atoms with E-state index in [1.807, 2.05) is 25.1 Å². The first-order valence-electron chi connectivity index (χ1n) is 7.38. The van der Waals surface area contributed by atoms with Gasteiger partial charge >= 0.3 is 0 Å². The van der Waals surface area contributed by atoms with Gasteiger partial charge in [0.1, 0.15) is 5.76 Å². The molecule has 1 amide bonds. The second kappa shape index (κ2) is 5.67. The van der Waals surface area contributed by atoms with Crippen molar-refractivity contribution in [3.8, 4) is 0 Å². The van der Waals surface area contributed by atoms with Crippen molar-refractivity contribution in [3.05, 3.63) is 47.5 Å². The molecule has 0 aliphatic heterocycles. The Bertz CT molecular complexity index is 830. The molecule has 0 unspecified atom stereocenters. The fourth-order valence-corrected chi connectivity index (χ4v) is 2.77. The van der Waals surface area contributed by atoms with Crippen molar-refractivity contribution >= 4 is 22.5 Å². The summed E-state index contributed by atoms with van der Waals surface area (Å²) in [5.74, 6) is 0.464. The molecule has 2 aromatic heterocycles. The number of nitrogens with zero attached hydrogens (tertiary/aromatic N) is 2. The Hall–Kier alpha value is -2.56. The number of aryl methyl sites for hydroxylation is 3. The number of benzene rings is 1. The third-order valence-electron chi connectivity index (χ3n) is 3.72. The van der Waals surface area contributed by atoms with Gasteiger partial charge in [0.15, 0.2) is 0 Å². The van der Waals surface area contributed by atoms with Crippen molar-refractivity contribution in [2.45, 2.75) is 33.7 Å². The maximum atomic E-state index is 12.1. The maximum Gasteiger partial charge on any atom is 0.232 e. The Kier molecular flexibility index (Phi) is 3.71. The third-order valence-corrected chi connectivity index (χ3v) is 3.72. The Labute approximate surface area is 128 Å². The number of fused-ring (bicyclic) bond motifs is 1. The molecular formula is C17H19N3O2.